The predicted molar refractivity (Wildman–Crippen MR) is 104 cm³/mol. The van der Waals surface area contributed by atoms with Crippen molar-refractivity contribution in [1.82, 2.24) is 15.5 Å². The lowest BCUT2D eigenvalue weighted by molar-refractivity contribution is 0.190. The molecule has 0 aliphatic carbocycles. The Bertz CT molecular complexity index is 557. The van der Waals surface area contributed by atoms with Gasteiger partial charge >= 0.3 is 6.03 Å². The van der Waals surface area contributed by atoms with Gasteiger partial charge in [0.05, 0.1) is 13.7 Å². The molecule has 1 heterocycles. The minimum absolute atomic E-state index is 0.134. The number of hydrogen-bond donors (Lipinski definition) is 2. The number of carbonyl (C=O) groups excluding carboxylic acids is 1. The predicted octanol–water partition coefficient (Wildman–Crippen LogP) is 3.02. The summed E-state index contributed by atoms with van der Waals surface area (Å²) in [7, 11) is 1.62. The van der Waals surface area contributed by atoms with Gasteiger partial charge in [-0.15, -0.1) is 0 Å². The van der Waals surface area contributed by atoms with Crippen LogP contribution in [0.2, 0.25) is 0 Å². The largest absolute Gasteiger partial charge is 0.493 e. The Balaban J connectivity index is 1.64. The van der Waals surface area contributed by atoms with E-state index in [4.69, 9.17) is 9.47 Å². The van der Waals surface area contributed by atoms with Gasteiger partial charge in [-0.2, -0.15) is 0 Å². The fraction of sp³-hybridized carbons (Fsp3) is 0.650. The number of nitrogens with one attached hydrogen (secondary N) is 2. The third-order valence-electron chi connectivity index (χ3n) is 4.79. The molecule has 1 fully saturated rings. The normalized spacial score (nSPS) is 15.5. The van der Waals surface area contributed by atoms with E-state index < -0.39 is 0 Å². The zero-order chi connectivity index (χ0) is 18.8. The van der Waals surface area contributed by atoms with Crippen molar-refractivity contribution in [1.29, 1.82) is 0 Å². The van der Waals surface area contributed by atoms with Crippen LogP contribution in [0.25, 0.3) is 0 Å². The van der Waals surface area contributed by atoms with E-state index >= 15 is 0 Å². The van der Waals surface area contributed by atoms with Crippen molar-refractivity contribution < 1.29 is 14.3 Å². The molecule has 0 atom stereocenters. The molecule has 0 aromatic heterocycles. The van der Waals surface area contributed by atoms with Gasteiger partial charge in [0.1, 0.15) is 0 Å². The van der Waals surface area contributed by atoms with E-state index in [1.807, 2.05) is 25.1 Å². The summed E-state index contributed by atoms with van der Waals surface area (Å²) in [5, 5.41) is 5.81. The summed E-state index contributed by atoms with van der Waals surface area (Å²) < 4.78 is 10.8. The van der Waals surface area contributed by atoms with Gasteiger partial charge in [0.15, 0.2) is 11.5 Å². The van der Waals surface area contributed by atoms with Crippen molar-refractivity contribution in [3.8, 4) is 11.5 Å². The van der Waals surface area contributed by atoms with E-state index in [0.717, 1.165) is 30.2 Å². The summed E-state index contributed by atoms with van der Waals surface area (Å²) in [5.41, 5.74) is 0.975. The van der Waals surface area contributed by atoms with E-state index in [2.05, 4.69) is 22.5 Å². The van der Waals surface area contributed by atoms with Gasteiger partial charge < -0.3 is 25.0 Å². The van der Waals surface area contributed by atoms with Gasteiger partial charge in [0, 0.05) is 13.1 Å². The minimum atomic E-state index is -0.134. The standard InChI is InChI=1S/C20H33N3O3/c1-4-26-18-7-6-17(14-19(18)25-3)15-22-20(24)21-10-5-11-23-12-8-16(2)9-13-23/h6-7,14,16H,4-5,8-13,15H2,1-3H3,(H2,21,22,24). The van der Waals surface area contributed by atoms with Crippen LogP contribution in [-0.4, -0.2) is 50.8 Å². The van der Waals surface area contributed by atoms with Crippen LogP contribution in [0.4, 0.5) is 4.79 Å². The fourth-order valence-electron chi connectivity index (χ4n) is 3.13. The number of methoxy groups -OCH3 is 1. The highest BCUT2D eigenvalue weighted by molar-refractivity contribution is 5.73. The maximum absolute atomic E-state index is 11.9. The molecule has 146 valence electrons. The molecule has 6 heteroatoms. The molecule has 0 radical (unpaired) electrons. The van der Waals surface area contributed by atoms with Crippen LogP contribution in [0.1, 0.15) is 38.7 Å². The Labute approximate surface area is 157 Å². The zero-order valence-corrected chi connectivity index (χ0v) is 16.3. The lowest BCUT2D eigenvalue weighted by Gasteiger charge is -2.30. The molecule has 2 N–H and O–H groups in total. The Kier molecular flexibility index (Phi) is 8.54. The number of nitrogens with zero attached hydrogens (tertiary/aromatic N) is 1. The van der Waals surface area contributed by atoms with Gasteiger partial charge in [-0.25, -0.2) is 4.79 Å². The van der Waals surface area contributed by atoms with Gasteiger partial charge in [-0.3, -0.25) is 0 Å². The second-order valence-electron chi connectivity index (χ2n) is 6.91. The lowest BCUT2D eigenvalue weighted by atomic mass is 9.99. The SMILES string of the molecule is CCOc1ccc(CNC(=O)NCCCN2CCC(C)CC2)cc1OC. The van der Waals surface area contributed by atoms with E-state index in [1.165, 1.54) is 25.9 Å². The maximum atomic E-state index is 11.9. The van der Waals surface area contributed by atoms with Gasteiger partial charge in [0.2, 0.25) is 0 Å². The highest BCUT2D eigenvalue weighted by atomic mass is 16.5. The van der Waals surface area contributed by atoms with Crippen LogP contribution in [0.5, 0.6) is 11.5 Å². The molecule has 0 spiro atoms. The Morgan fingerprint density at radius 3 is 2.69 bits per heavy atom. The number of piperidine rings is 1. The quantitative estimate of drug-likeness (QED) is 0.662. The molecule has 1 aliphatic rings. The summed E-state index contributed by atoms with van der Waals surface area (Å²) in [5.74, 6) is 2.26. The third-order valence-corrected chi connectivity index (χ3v) is 4.79. The average Bonchev–Trinajstić information content (AvgIpc) is 2.66. The monoisotopic (exact) mass is 363 g/mol. The van der Waals surface area contributed by atoms with Crippen molar-refractivity contribution in [3.05, 3.63) is 23.8 Å². The minimum Gasteiger partial charge on any atom is -0.493 e. The molecule has 1 aliphatic heterocycles. The Morgan fingerprint density at radius 2 is 2.00 bits per heavy atom. The first-order chi connectivity index (χ1) is 12.6. The highest BCUT2D eigenvalue weighted by Crippen LogP contribution is 2.27. The molecule has 0 unspecified atom stereocenters. The number of rotatable bonds is 9. The van der Waals surface area contributed by atoms with Crippen LogP contribution in [0.15, 0.2) is 18.2 Å². The Hall–Kier alpha value is -1.95. The summed E-state index contributed by atoms with van der Waals surface area (Å²) in [4.78, 5) is 14.4. The fourth-order valence-corrected chi connectivity index (χ4v) is 3.13. The summed E-state index contributed by atoms with van der Waals surface area (Å²) >= 11 is 0. The summed E-state index contributed by atoms with van der Waals surface area (Å²) in [6.45, 7) is 9.44. The van der Waals surface area contributed by atoms with Gasteiger partial charge in [0.25, 0.3) is 0 Å². The topological polar surface area (TPSA) is 62.8 Å². The summed E-state index contributed by atoms with van der Waals surface area (Å²) in [6.07, 6.45) is 3.57. The van der Waals surface area contributed by atoms with Crippen molar-refractivity contribution in [2.45, 2.75) is 39.7 Å². The number of likely N-dealkylation sites (tertiary alicyclic amines) is 1. The average molecular weight is 364 g/mol. The van der Waals surface area contributed by atoms with E-state index in [9.17, 15) is 4.79 Å². The van der Waals surface area contributed by atoms with Crippen LogP contribution in [0, 0.1) is 5.92 Å². The second-order valence-corrected chi connectivity index (χ2v) is 6.91. The number of urea groups is 1. The number of ether oxygens (including phenoxy) is 2. The van der Waals surface area contributed by atoms with Crippen molar-refractivity contribution in [2.75, 3.05) is 39.9 Å². The molecule has 0 saturated carbocycles. The molecule has 1 aromatic rings. The smallest absolute Gasteiger partial charge is 0.315 e. The summed E-state index contributed by atoms with van der Waals surface area (Å²) in [6, 6.07) is 5.56. The second kappa shape index (κ2) is 10.9. The van der Waals surface area contributed by atoms with E-state index in [-0.39, 0.29) is 6.03 Å². The van der Waals surface area contributed by atoms with Crippen molar-refractivity contribution >= 4 is 6.03 Å². The molecule has 1 saturated heterocycles. The first kappa shape index (κ1) is 20.4. The molecule has 0 bridgehead atoms. The highest BCUT2D eigenvalue weighted by Gasteiger charge is 2.14. The molecule has 2 rings (SSSR count). The first-order valence-corrected chi connectivity index (χ1v) is 9.66. The first-order valence-electron chi connectivity index (χ1n) is 9.66. The molecule has 1 aromatic carbocycles. The Morgan fingerprint density at radius 1 is 1.23 bits per heavy atom. The van der Waals surface area contributed by atoms with Crippen LogP contribution in [0.3, 0.4) is 0 Å². The van der Waals surface area contributed by atoms with Crippen molar-refractivity contribution in [3.63, 3.8) is 0 Å². The molecule has 6 nitrogen and oxygen atoms in total. The molecular weight excluding hydrogens is 330 g/mol. The van der Waals surface area contributed by atoms with Crippen molar-refractivity contribution in [2.24, 2.45) is 5.92 Å². The van der Waals surface area contributed by atoms with Gasteiger partial charge in [-0.05, 0) is 69.4 Å². The molecular formula is C20H33N3O3. The third kappa shape index (κ3) is 6.75. The molecule has 26 heavy (non-hydrogen) atoms. The number of hydrogen-bond acceptors (Lipinski definition) is 4. The lowest BCUT2D eigenvalue weighted by Crippen LogP contribution is -2.38. The van der Waals surface area contributed by atoms with Gasteiger partial charge in [-0.1, -0.05) is 13.0 Å². The van der Waals surface area contributed by atoms with Crippen LogP contribution < -0.4 is 20.1 Å². The number of amides is 2. The van der Waals surface area contributed by atoms with E-state index in [1.54, 1.807) is 7.11 Å². The molecule has 2 amide bonds. The number of carbonyl (C=O) groups is 1. The van der Waals surface area contributed by atoms with Crippen LogP contribution >= 0.6 is 0 Å². The van der Waals surface area contributed by atoms with E-state index in [0.29, 0.717) is 25.4 Å². The maximum Gasteiger partial charge on any atom is 0.315 e. The number of benzene rings is 1. The zero-order valence-electron chi connectivity index (χ0n) is 16.3. The van der Waals surface area contributed by atoms with Crippen LogP contribution in [-0.2, 0) is 6.54 Å².